The minimum Gasteiger partial charge on any atom is -0.271 e. The summed E-state index contributed by atoms with van der Waals surface area (Å²) in [6.07, 6.45) is 1.76. The lowest BCUT2D eigenvalue weighted by molar-refractivity contribution is -0.125. The van der Waals surface area contributed by atoms with Crippen molar-refractivity contribution in [3.63, 3.8) is 0 Å². The summed E-state index contributed by atoms with van der Waals surface area (Å²) in [6, 6.07) is 32.3. The number of fused-ring (bicyclic) bond motifs is 1. The highest BCUT2D eigenvalue weighted by atomic mass is 79.9. The van der Waals surface area contributed by atoms with E-state index in [1.807, 2.05) is 104 Å². The Morgan fingerprint density at radius 2 is 1.54 bits per heavy atom. The number of sulfonamides is 1. The molecule has 41 heavy (non-hydrogen) atoms. The number of hydrogen-bond acceptors (Lipinski definition) is 4. The summed E-state index contributed by atoms with van der Waals surface area (Å²) in [7, 11) is -4.03. The van der Waals surface area contributed by atoms with E-state index in [9.17, 15) is 13.2 Å². The number of amides is 1. The summed E-state index contributed by atoms with van der Waals surface area (Å²) < 4.78 is 31.5. The molecule has 2 heterocycles. The third kappa shape index (κ3) is 4.33. The second-order valence-electron chi connectivity index (χ2n) is 10.3. The van der Waals surface area contributed by atoms with Crippen LogP contribution in [0.2, 0.25) is 0 Å². The molecule has 1 unspecified atom stereocenters. The van der Waals surface area contributed by atoms with E-state index in [0.29, 0.717) is 33.8 Å². The van der Waals surface area contributed by atoms with Crippen molar-refractivity contribution in [2.75, 3.05) is 9.31 Å². The van der Waals surface area contributed by atoms with Gasteiger partial charge in [-0.05, 0) is 53.9 Å². The van der Waals surface area contributed by atoms with E-state index in [4.69, 9.17) is 5.10 Å². The zero-order valence-electron chi connectivity index (χ0n) is 22.4. The lowest BCUT2D eigenvalue weighted by Gasteiger charge is -2.51. The Bertz CT molecular complexity index is 1760. The SMILES string of the molecule is C=C[C@@H]1c2cc(Br)ccc2N(S(=O)(=O)Cc2ccccc2)[C@H](c2ccccc2)C12C(=O)N(c1ccccc1)N=C2C. The summed E-state index contributed by atoms with van der Waals surface area (Å²) in [6.45, 7) is 5.99. The summed E-state index contributed by atoms with van der Waals surface area (Å²) in [4.78, 5) is 14.9. The van der Waals surface area contributed by atoms with Crippen LogP contribution in [0.3, 0.4) is 0 Å². The molecule has 2 aliphatic rings. The molecule has 2 aliphatic heterocycles. The molecule has 1 spiro atoms. The fourth-order valence-corrected chi connectivity index (χ4v) is 8.46. The van der Waals surface area contributed by atoms with Crippen LogP contribution >= 0.6 is 15.9 Å². The predicted molar refractivity (Wildman–Crippen MR) is 167 cm³/mol. The molecule has 0 bridgehead atoms. The molecule has 4 aromatic carbocycles. The lowest BCUT2D eigenvalue weighted by Crippen LogP contribution is -2.58. The van der Waals surface area contributed by atoms with E-state index in [-0.39, 0.29) is 11.7 Å². The number of benzene rings is 4. The molecule has 0 saturated carbocycles. The zero-order chi connectivity index (χ0) is 28.8. The monoisotopic (exact) mass is 625 g/mol. The van der Waals surface area contributed by atoms with Crippen LogP contribution in [0.1, 0.15) is 35.6 Å². The molecule has 0 fully saturated rings. The van der Waals surface area contributed by atoms with Crippen LogP contribution in [0.4, 0.5) is 11.4 Å². The van der Waals surface area contributed by atoms with E-state index in [0.717, 1.165) is 4.47 Å². The van der Waals surface area contributed by atoms with Gasteiger partial charge in [0.1, 0.15) is 5.41 Å². The second kappa shape index (κ2) is 10.4. The van der Waals surface area contributed by atoms with E-state index < -0.39 is 27.4 Å². The molecule has 0 radical (unpaired) electrons. The normalized spacial score (nSPS) is 22.0. The molecule has 0 aliphatic carbocycles. The van der Waals surface area contributed by atoms with Gasteiger partial charge >= 0.3 is 0 Å². The highest BCUT2D eigenvalue weighted by molar-refractivity contribution is 9.10. The maximum Gasteiger partial charge on any atom is 0.262 e. The molecule has 206 valence electrons. The van der Waals surface area contributed by atoms with Gasteiger partial charge < -0.3 is 0 Å². The van der Waals surface area contributed by atoms with Crippen molar-refractivity contribution in [1.82, 2.24) is 0 Å². The number of rotatable bonds is 6. The van der Waals surface area contributed by atoms with Crippen LogP contribution in [0, 0.1) is 5.41 Å². The smallest absolute Gasteiger partial charge is 0.262 e. The molecule has 4 aromatic rings. The van der Waals surface area contributed by atoms with Gasteiger partial charge in [-0.2, -0.15) is 10.1 Å². The van der Waals surface area contributed by atoms with Gasteiger partial charge in [0.05, 0.1) is 28.9 Å². The van der Waals surface area contributed by atoms with Crippen molar-refractivity contribution in [3.05, 3.63) is 143 Å². The molecule has 6 rings (SSSR count). The highest BCUT2D eigenvalue weighted by Crippen LogP contribution is 2.61. The molecular formula is C33H28BrN3O3S. The van der Waals surface area contributed by atoms with Crippen molar-refractivity contribution >= 4 is 48.9 Å². The Balaban J connectivity index is 1.67. The maximum absolute atomic E-state index is 14.9. The zero-order valence-corrected chi connectivity index (χ0v) is 24.8. The Kier molecular flexibility index (Phi) is 6.91. The van der Waals surface area contributed by atoms with Gasteiger partial charge in [-0.15, -0.1) is 6.58 Å². The van der Waals surface area contributed by atoms with Gasteiger partial charge in [0.15, 0.2) is 0 Å². The first-order chi connectivity index (χ1) is 19.8. The number of halogens is 1. The van der Waals surface area contributed by atoms with Gasteiger partial charge in [-0.25, -0.2) is 8.42 Å². The number of hydrazone groups is 1. The average molecular weight is 627 g/mol. The molecule has 6 nitrogen and oxygen atoms in total. The average Bonchev–Trinajstić information content (AvgIpc) is 3.23. The second-order valence-corrected chi connectivity index (χ2v) is 13.0. The Morgan fingerprint density at radius 1 is 0.927 bits per heavy atom. The van der Waals surface area contributed by atoms with E-state index in [1.165, 1.54) is 9.31 Å². The largest absolute Gasteiger partial charge is 0.271 e. The first-order valence-electron chi connectivity index (χ1n) is 13.3. The topological polar surface area (TPSA) is 70.1 Å². The fourth-order valence-electron chi connectivity index (χ4n) is 6.25. The number of carbonyl (C=O) groups excluding carboxylic acids is 1. The van der Waals surface area contributed by atoms with Gasteiger partial charge in [-0.1, -0.05) is 101 Å². The summed E-state index contributed by atoms with van der Waals surface area (Å²) >= 11 is 3.58. The molecule has 3 atom stereocenters. The molecule has 0 aromatic heterocycles. The van der Waals surface area contributed by atoms with Crippen LogP contribution in [0.15, 0.2) is 131 Å². The number of nitrogens with zero attached hydrogens (tertiary/aromatic N) is 3. The molecule has 0 N–H and O–H groups in total. The molecular weight excluding hydrogens is 598 g/mol. The van der Waals surface area contributed by atoms with Crippen LogP contribution in [0.25, 0.3) is 0 Å². The van der Waals surface area contributed by atoms with Gasteiger partial charge in [-0.3, -0.25) is 9.10 Å². The molecule has 0 saturated heterocycles. The minimum absolute atomic E-state index is 0.228. The molecule has 8 heteroatoms. The van der Waals surface area contributed by atoms with Gasteiger partial charge in [0.25, 0.3) is 5.91 Å². The third-order valence-electron chi connectivity index (χ3n) is 7.96. The highest BCUT2D eigenvalue weighted by Gasteiger charge is 2.65. The lowest BCUT2D eigenvalue weighted by atomic mass is 9.60. The number of anilines is 2. The van der Waals surface area contributed by atoms with E-state index in [1.54, 1.807) is 18.2 Å². The summed E-state index contributed by atoms with van der Waals surface area (Å²) in [5.74, 6) is -1.09. The van der Waals surface area contributed by atoms with Crippen LogP contribution < -0.4 is 9.31 Å². The third-order valence-corrected chi connectivity index (χ3v) is 10.2. The number of carbonyl (C=O) groups is 1. The first kappa shape index (κ1) is 27.2. The van der Waals surface area contributed by atoms with Crippen molar-refractivity contribution in [2.45, 2.75) is 24.6 Å². The van der Waals surface area contributed by atoms with Crippen molar-refractivity contribution in [1.29, 1.82) is 0 Å². The van der Waals surface area contributed by atoms with E-state index in [2.05, 4.69) is 22.5 Å². The van der Waals surface area contributed by atoms with Gasteiger partial charge in [0.2, 0.25) is 10.0 Å². The number of allylic oxidation sites excluding steroid dienone is 1. The van der Waals surface area contributed by atoms with Crippen LogP contribution in [-0.2, 0) is 20.6 Å². The quantitative estimate of drug-likeness (QED) is 0.212. The Hall–Kier alpha value is -4.01. The Morgan fingerprint density at radius 3 is 2.17 bits per heavy atom. The standard InChI is InChI=1S/C33H28BrN3O3S/c1-3-29-28-21-26(34)19-20-30(28)37(41(39,40)22-24-13-7-4-8-14-24)31(25-15-9-5-10-16-25)33(29)23(2)35-36(32(33)38)27-17-11-6-12-18-27/h3-21,29,31H,1,22H2,2H3/t29-,31-,33?/m1/s1. The van der Waals surface area contributed by atoms with Crippen molar-refractivity contribution in [2.24, 2.45) is 10.5 Å². The minimum atomic E-state index is -4.03. The molecule has 1 amide bonds. The summed E-state index contributed by atoms with van der Waals surface area (Å²) in [5.41, 5.74) is 2.31. The predicted octanol–water partition coefficient (Wildman–Crippen LogP) is 7.22. The maximum atomic E-state index is 14.9. The summed E-state index contributed by atoms with van der Waals surface area (Å²) in [5, 5.41) is 6.22. The van der Waals surface area contributed by atoms with Crippen LogP contribution in [0.5, 0.6) is 0 Å². The number of hydrogen-bond donors (Lipinski definition) is 0. The Labute approximate surface area is 248 Å². The van der Waals surface area contributed by atoms with Crippen molar-refractivity contribution < 1.29 is 13.2 Å². The van der Waals surface area contributed by atoms with E-state index >= 15 is 0 Å². The number of para-hydroxylation sites is 1. The fraction of sp³-hybridized carbons (Fsp3) is 0.152. The van der Waals surface area contributed by atoms with Gasteiger partial charge in [0, 0.05) is 10.4 Å². The van der Waals surface area contributed by atoms with Crippen molar-refractivity contribution in [3.8, 4) is 0 Å². The van der Waals surface area contributed by atoms with Crippen LogP contribution in [-0.4, -0.2) is 20.0 Å². The first-order valence-corrected chi connectivity index (χ1v) is 15.7.